The molecule has 2 aromatic rings. The van der Waals surface area contributed by atoms with Gasteiger partial charge in [-0.25, -0.2) is 17.6 Å². The Labute approximate surface area is 198 Å². The third-order valence-corrected chi connectivity index (χ3v) is 6.96. The molecule has 0 amide bonds. The highest BCUT2D eigenvalue weighted by Crippen LogP contribution is 2.39. The Balaban J connectivity index is 1.53. The van der Waals surface area contributed by atoms with Crippen LogP contribution in [0.25, 0.3) is 11.1 Å². The molecule has 0 N–H and O–H groups in total. The summed E-state index contributed by atoms with van der Waals surface area (Å²) in [5.74, 6) is -4.39. The maximum atomic E-state index is 15.0. The smallest absolute Gasteiger partial charge is 0.167 e. The topological polar surface area (TPSA) is 27.7 Å². The van der Waals surface area contributed by atoms with E-state index in [1.807, 2.05) is 6.92 Å². The molecule has 2 aromatic carbocycles. The number of halogens is 4. The molecule has 4 rings (SSSR count). The molecule has 0 radical (unpaired) electrons. The van der Waals surface area contributed by atoms with Crippen LogP contribution in [0.4, 0.5) is 17.6 Å². The van der Waals surface area contributed by atoms with E-state index in [4.69, 9.17) is 14.2 Å². The highest BCUT2D eigenvalue weighted by Gasteiger charge is 2.30. The fourth-order valence-electron chi connectivity index (χ4n) is 5.09. The van der Waals surface area contributed by atoms with E-state index in [1.54, 1.807) is 0 Å². The third-order valence-electron chi connectivity index (χ3n) is 6.96. The normalized spacial score (nSPS) is 25.5. The van der Waals surface area contributed by atoms with Crippen molar-refractivity contribution < 1.29 is 31.8 Å². The Hall–Kier alpha value is -1.96. The molecule has 2 heterocycles. The van der Waals surface area contributed by atoms with Crippen LogP contribution in [-0.4, -0.2) is 26.1 Å². The monoisotopic (exact) mass is 480 g/mol. The van der Waals surface area contributed by atoms with Gasteiger partial charge in [-0.2, -0.15) is 0 Å². The summed E-state index contributed by atoms with van der Waals surface area (Å²) < 4.78 is 76.8. The van der Waals surface area contributed by atoms with Gasteiger partial charge in [-0.15, -0.1) is 0 Å². The van der Waals surface area contributed by atoms with Gasteiger partial charge < -0.3 is 14.2 Å². The molecule has 4 atom stereocenters. The van der Waals surface area contributed by atoms with Crippen LogP contribution in [0.2, 0.25) is 0 Å². The molecule has 186 valence electrons. The number of rotatable bonds is 7. The predicted molar refractivity (Wildman–Crippen MR) is 121 cm³/mol. The summed E-state index contributed by atoms with van der Waals surface area (Å²) in [4.78, 5) is 0. The van der Waals surface area contributed by atoms with Crippen molar-refractivity contribution in [3.05, 3.63) is 58.7 Å². The molecule has 0 spiro atoms. The number of benzene rings is 2. The van der Waals surface area contributed by atoms with Crippen LogP contribution in [0.1, 0.15) is 75.5 Å². The maximum absolute atomic E-state index is 15.0. The van der Waals surface area contributed by atoms with Gasteiger partial charge >= 0.3 is 0 Å². The average Bonchev–Trinajstić information content (AvgIpc) is 2.85. The van der Waals surface area contributed by atoms with E-state index in [0.29, 0.717) is 38.4 Å². The van der Waals surface area contributed by atoms with E-state index in [-0.39, 0.29) is 41.1 Å². The summed E-state index contributed by atoms with van der Waals surface area (Å²) in [5.41, 5.74) is -0.316. The largest absolute Gasteiger partial charge is 0.373 e. The van der Waals surface area contributed by atoms with Crippen molar-refractivity contribution in [2.24, 2.45) is 5.92 Å². The van der Waals surface area contributed by atoms with Gasteiger partial charge in [-0.05, 0) is 50.5 Å². The van der Waals surface area contributed by atoms with Crippen LogP contribution in [0.5, 0.6) is 0 Å². The van der Waals surface area contributed by atoms with Gasteiger partial charge in [0.1, 0.15) is 0 Å². The molecule has 0 aromatic heterocycles. The van der Waals surface area contributed by atoms with Crippen LogP contribution in [0.3, 0.4) is 0 Å². The second kappa shape index (κ2) is 11.2. The lowest BCUT2D eigenvalue weighted by atomic mass is 9.89. The molecule has 3 nitrogen and oxygen atoms in total. The Morgan fingerprint density at radius 1 is 0.765 bits per heavy atom. The molecule has 0 aliphatic carbocycles. The van der Waals surface area contributed by atoms with Gasteiger partial charge in [-0.3, -0.25) is 0 Å². The van der Waals surface area contributed by atoms with Gasteiger partial charge in [0.05, 0.1) is 19.3 Å². The molecule has 2 saturated heterocycles. The first-order valence-corrected chi connectivity index (χ1v) is 12.2. The highest BCUT2D eigenvalue weighted by atomic mass is 19.2. The van der Waals surface area contributed by atoms with E-state index < -0.39 is 29.4 Å². The summed E-state index contributed by atoms with van der Waals surface area (Å²) in [6, 6.07) is 5.48. The first-order valence-electron chi connectivity index (χ1n) is 12.2. The summed E-state index contributed by atoms with van der Waals surface area (Å²) in [6.45, 7) is 5.20. The molecule has 2 aliphatic rings. The Morgan fingerprint density at radius 2 is 1.44 bits per heavy atom. The van der Waals surface area contributed by atoms with Crippen LogP contribution >= 0.6 is 0 Å². The Kier molecular flexibility index (Phi) is 8.27. The van der Waals surface area contributed by atoms with Crippen LogP contribution in [-0.2, 0) is 14.2 Å². The number of hydrogen-bond donors (Lipinski definition) is 0. The van der Waals surface area contributed by atoms with Gasteiger partial charge in [0.2, 0.25) is 0 Å². The highest BCUT2D eigenvalue weighted by molar-refractivity contribution is 5.66. The molecular formula is C27H32F4O3. The zero-order chi connectivity index (χ0) is 24.2. The third kappa shape index (κ3) is 5.16. The van der Waals surface area contributed by atoms with Crippen molar-refractivity contribution in [2.45, 2.75) is 70.7 Å². The number of hydrogen-bond acceptors (Lipinski definition) is 3. The van der Waals surface area contributed by atoms with Crippen molar-refractivity contribution >= 4 is 0 Å². The van der Waals surface area contributed by atoms with E-state index in [0.717, 1.165) is 19.3 Å². The molecular weight excluding hydrogens is 448 g/mol. The second-order valence-electron chi connectivity index (χ2n) is 9.21. The van der Waals surface area contributed by atoms with E-state index in [2.05, 4.69) is 6.92 Å². The van der Waals surface area contributed by atoms with Gasteiger partial charge in [0.25, 0.3) is 0 Å². The first kappa shape index (κ1) is 25.1. The van der Waals surface area contributed by atoms with Crippen LogP contribution < -0.4 is 0 Å². The lowest BCUT2D eigenvalue weighted by Gasteiger charge is -2.30. The second-order valence-corrected chi connectivity index (χ2v) is 9.21. The van der Waals surface area contributed by atoms with Crippen LogP contribution in [0, 0.1) is 29.2 Å². The summed E-state index contributed by atoms with van der Waals surface area (Å²) in [5, 5.41) is 0. The van der Waals surface area contributed by atoms with E-state index in [1.165, 1.54) is 24.3 Å². The van der Waals surface area contributed by atoms with Crippen LogP contribution in [0.15, 0.2) is 24.3 Å². The molecule has 34 heavy (non-hydrogen) atoms. The standard InChI is InChI=1S/C27H32F4O3/c1-3-5-16-6-12-22(33-14-16)21-11-10-20(26(30)27(21)31)19-9-8-18(24(28)25(19)29)17-7-13-23(32-4-2)34-15-17/h8-11,16-17,22-23H,3-7,12-15H2,1-2H3. The fraction of sp³-hybridized carbons (Fsp3) is 0.556. The molecule has 2 fully saturated rings. The molecule has 0 saturated carbocycles. The van der Waals surface area contributed by atoms with E-state index in [9.17, 15) is 8.78 Å². The zero-order valence-corrected chi connectivity index (χ0v) is 19.7. The number of ether oxygens (including phenoxy) is 3. The molecule has 7 heteroatoms. The molecule has 4 unspecified atom stereocenters. The van der Waals surface area contributed by atoms with Gasteiger partial charge in [0.15, 0.2) is 29.6 Å². The fourth-order valence-corrected chi connectivity index (χ4v) is 5.09. The lowest BCUT2D eigenvalue weighted by Crippen LogP contribution is -2.27. The van der Waals surface area contributed by atoms with E-state index >= 15 is 8.78 Å². The van der Waals surface area contributed by atoms with Crippen molar-refractivity contribution in [3.8, 4) is 11.1 Å². The minimum Gasteiger partial charge on any atom is -0.373 e. The quantitative estimate of drug-likeness (QED) is 0.386. The van der Waals surface area contributed by atoms with Gasteiger partial charge in [0, 0.05) is 29.2 Å². The minimum atomic E-state index is -1.19. The van der Waals surface area contributed by atoms with Crippen molar-refractivity contribution in [1.82, 2.24) is 0 Å². The molecule has 2 aliphatic heterocycles. The minimum absolute atomic E-state index is 0.122. The predicted octanol–water partition coefficient (Wildman–Crippen LogP) is 7.43. The Morgan fingerprint density at radius 3 is 2.00 bits per heavy atom. The summed E-state index contributed by atoms with van der Waals surface area (Å²) >= 11 is 0. The Bertz CT molecular complexity index is 901. The first-order chi connectivity index (χ1) is 16.4. The average molecular weight is 481 g/mol. The summed E-state index contributed by atoms with van der Waals surface area (Å²) in [6.07, 6.45) is 3.87. The van der Waals surface area contributed by atoms with Crippen molar-refractivity contribution in [1.29, 1.82) is 0 Å². The maximum Gasteiger partial charge on any atom is 0.167 e. The lowest BCUT2D eigenvalue weighted by molar-refractivity contribution is -0.164. The van der Waals surface area contributed by atoms with Gasteiger partial charge in [-0.1, -0.05) is 37.6 Å². The SMILES string of the molecule is CCCC1CCC(c2ccc(-c3ccc(C4CCC(OCC)OC4)c(F)c3F)c(F)c2F)OC1. The van der Waals surface area contributed by atoms with Crippen molar-refractivity contribution in [3.63, 3.8) is 0 Å². The molecule has 0 bridgehead atoms. The summed E-state index contributed by atoms with van der Waals surface area (Å²) in [7, 11) is 0. The zero-order valence-electron chi connectivity index (χ0n) is 19.7. The van der Waals surface area contributed by atoms with Crippen molar-refractivity contribution in [2.75, 3.05) is 19.8 Å².